The van der Waals surface area contributed by atoms with Gasteiger partial charge in [-0.25, -0.2) is 4.39 Å². The predicted octanol–water partition coefficient (Wildman–Crippen LogP) is 0.421. The molecule has 1 aromatic carbocycles. The first-order valence-corrected chi connectivity index (χ1v) is 10.0. The Bertz CT molecular complexity index is 930. The minimum atomic E-state index is -1.41. The van der Waals surface area contributed by atoms with Gasteiger partial charge >= 0.3 is 0 Å². The van der Waals surface area contributed by atoms with Crippen molar-refractivity contribution in [2.45, 2.75) is 18.6 Å². The minimum Gasteiger partial charge on any atom is -0.393 e. The second-order valence-corrected chi connectivity index (χ2v) is 7.41. The highest BCUT2D eigenvalue weighted by atomic mass is 19.1. The molecule has 0 bridgehead atoms. The lowest BCUT2D eigenvalue weighted by Gasteiger charge is -2.36. The van der Waals surface area contributed by atoms with E-state index in [1.807, 2.05) is 4.90 Å². The molecular weight excluding hydrogens is 409 g/mol. The highest BCUT2D eigenvalue weighted by Crippen LogP contribution is 2.25. The van der Waals surface area contributed by atoms with E-state index in [-0.39, 0.29) is 11.9 Å². The molecule has 2 atom stereocenters. The van der Waals surface area contributed by atoms with Crippen LogP contribution in [0.15, 0.2) is 40.2 Å². The summed E-state index contributed by atoms with van der Waals surface area (Å²) in [6.45, 7) is 1.43. The maximum Gasteiger partial charge on any atom is 0.253 e. The summed E-state index contributed by atoms with van der Waals surface area (Å²) < 4.78 is 19.6. The van der Waals surface area contributed by atoms with Crippen molar-refractivity contribution < 1.29 is 28.8 Å². The van der Waals surface area contributed by atoms with Crippen LogP contribution in [0.25, 0.3) is 0 Å². The number of rotatable bonds is 7. The Morgan fingerprint density at radius 3 is 2.77 bits per heavy atom. The Kier molecular flexibility index (Phi) is 6.33. The SMILES string of the molecule is O=C([C@@H](O)CO)N1CCN(c2ccc(C3=NOC(CNc4ccon4)C3)cc2F)CC1. The van der Waals surface area contributed by atoms with Crippen LogP contribution in [0.1, 0.15) is 12.0 Å². The molecule has 10 nitrogen and oxygen atoms in total. The maximum absolute atomic E-state index is 14.8. The number of benzene rings is 1. The Balaban J connectivity index is 1.32. The summed E-state index contributed by atoms with van der Waals surface area (Å²) in [5.41, 5.74) is 1.78. The third-order valence-electron chi connectivity index (χ3n) is 5.35. The Morgan fingerprint density at radius 2 is 2.10 bits per heavy atom. The molecule has 0 saturated carbocycles. The predicted molar refractivity (Wildman–Crippen MR) is 109 cm³/mol. The molecule has 31 heavy (non-hydrogen) atoms. The lowest BCUT2D eigenvalue weighted by Crippen LogP contribution is -2.52. The molecule has 3 heterocycles. The third-order valence-corrected chi connectivity index (χ3v) is 5.35. The lowest BCUT2D eigenvalue weighted by atomic mass is 10.0. The van der Waals surface area contributed by atoms with Crippen LogP contribution >= 0.6 is 0 Å². The average molecular weight is 433 g/mol. The first kappa shape index (κ1) is 21.1. The largest absolute Gasteiger partial charge is 0.393 e. The average Bonchev–Trinajstić information content (AvgIpc) is 3.49. The fourth-order valence-electron chi connectivity index (χ4n) is 3.63. The highest BCUT2D eigenvalue weighted by molar-refractivity contribution is 6.01. The van der Waals surface area contributed by atoms with Gasteiger partial charge in [-0.2, -0.15) is 0 Å². The number of carbonyl (C=O) groups excluding carboxylic acids is 1. The maximum atomic E-state index is 14.8. The number of hydrogen-bond donors (Lipinski definition) is 3. The number of hydrogen-bond acceptors (Lipinski definition) is 9. The molecule has 4 rings (SSSR count). The first-order valence-electron chi connectivity index (χ1n) is 10.0. The van der Waals surface area contributed by atoms with Gasteiger partial charge in [-0.1, -0.05) is 16.4 Å². The van der Waals surface area contributed by atoms with Gasteiger partial charge in [0.25, 0.3) is 5.91 Å². The van der Waals surface area contributed by atoms with Crippen LogP contribution in [-0.2, 0) is 9.63 Å². The summed E-state index contributed by atoms with van der Waals surface area (Å²) >= 11 is 0. The fraction of sp³-hybridized carbons (Fsp3) is 0.450. The van der Waals surface area contributed by atoms with Crippen LogP contribution in [0.4, 0.5) is 15.9 Å². The molecule has 1 aromatic heterocycles. The molecule has 1 saturated heterocycles. The molecule has 1 amide bonds. The molecule has 3 N–H and O–H groups in total. The van der Waals surface area contributed by atoms with E-state index in [4.69, 9.17) is 14.5 Å². The Hall–Kier alpha value is -3.18. The Morgan fingerprint density at radius 1 is 1.29 bits per heavy atom. The van der Waals surface area contributed by atoms with E-state index in [1.54, 1.807) is 18.2 Å². The first-order chi connectivity index (χ1) is 15.0. The number of piperazine rings is 1. The zero-order valence-electron chi connectivity index (χ0n) is 16.8. The molecule has 11 heteroatoms. The molecule has 166 valence electrons. The second kappa shape index (κ2) is 9.31. The standard InChI is InChI=1S/C20H24FN5O5/c21-15-9-13(16-10-14(31-23-16)11-22-19-3-8-30-24-19)1-2-17(15)25-4-6-26(7-5-25)20(29)18(28)12-27/h1-3,8-9,14,18,27-28H,4-7,10-12H2,(H,22,24)/t14?,18-/m0/s1. The quantitative estimate of drug-likeness (QED) is 0.574. The van der Waals surface area contributed by atoms with Gasteiger partial charge < -0.3 is 34.7 Å². The topological polar surface area (TPSA) is 124 Å². The third kappa shape index (κ3) is 4.78. The van der Waals surface area contributed by atoms with Gasteiger partial charge in [-0.3, -0.25) is 4.79 Å². The number of amides is 1. The van der Waals surface area contributed by atoms with E-state index < -0.39 is 18.6 Å². The molecule has 2 aromatic rings. The number of oxime groups is 1. The van der Waals surface area contributed by atoms with Crippen LogP contribution < -0.4 is 10.2 Å². The number of nitrogens with zero attached hydrogens (tertiary/aromatic N) is 4. The summed E-state index contributed by atoms with van der Waals surface area (Å²) in [6, 6.07) is 6.66. The molecule has 0 aliphatic carbocycles. The van der Waals surface area contributed by atoms with Gasteiger partial charge in [0.05, 0.1) is 24.6 Å². The number of halogens is 1. The second-order valence-electron chi connectivity index (χ2n) is 7.41. The van der Waals surface area contributed by atoms with Crippen molar-refractivity contribution >= 4 is 23.1 Å². The van der Waals surface area contributed by atoms with E-state index in [2.05, 4.69) is 15.6 Å². The van der Waals surface area contributed by atoms with Crippen molar-refractivity contribution in [1.29, 1.82) is 0 Å². The smallest absolute Gasteiger partial charge is 0.253 e. The van der Waals surface area contributed by atoms with Crippen molar-refractivity contribution in [3.63, 3.8) is 0 Å². The summed E-state index contributed by atoms with van der Waals surface area (Å²) in [5.74, 6) is -0.274. The number of aliphatic hydroxyl groups excluding tert-OH is 2. The van der Waals surface area contributed by atoms with Crippen molar-refractivity contribution in [3.05, 3.63) is 41.9 Å². The van der Waals surface area contributed by atoms with E-state index in [9.17, 15) is 14.3 Å². The number of carbonyl (C=O) groups is 1. The molecule has 1 unspecified atom stereocenters. The van der Waals surface area contributed by atoms with Crippen LogP contribution in [0.2, 0.25) is 0 Å². The van der Waals surface area contributed by atoms with E-state index in [0.717, 1.165) is 0 Å². The number of nitrogens with one attached hydrogen (secondary N) is 1. The molecule has 1 fully saturated rings. The molecule has 2 aliphatic rings. The molecular formula is C20H24FN5O5. The zero-order valence-corrected chi connectivity index (χ0v) is 16.8. The fourth-order valence-corrected chi connectivity index (χ4v) is 3.63. The van der Waals surface area contributed by atoms with Crippen LogP contribution in [-0.4, -0.2) is 83.4 Å². The summed E-state index contributed by atoms with van der Waals surface area (Å²) in [4.78, 5) is 20.7. The molecule has 2 aliphatic heterocycles. The highest BCUT2D eigenvalue weighted by Gasteiger charge is 2.27. The molecule has 0 spiro atoms. The van der Waals surface area contributed by atoms with Crippen LogP contribution in [0.3, 0.4) is 0 Å². The van der Waals surface area contributed by atoms with E-state index >= 15 is 0 Å². The number of aromatic nitrogens is 1. The van der Waals surface area contributed by atoms with Gasteiger partial charge in [0.15, 0.2) is 11.9 Å². The summed E-state index contributed by atoms with van der Waals surface area (Å²) in [7, 11) is 0. The minimum absolute atomic E-state index is 0.186. The van der Waals surface area contributed by atoms with E-state index in [1.165, 1.54) is 17.2 Å². The van der Waals surface area contributed by atoms with Crippen molar-refractivity contribution in [3.8, 4) is 0 Å². The van der Waals surface area contributed by atoms with Gasteiger partial charge in [0.1, 0.15) is 18.2 Å². The Labute approximate surface area is 177 Å². The summed E-state index contributed by atoms with van der Waals surface area (Å²) in [6.07, 6.45) is 0.416. The van der Waals surface area contributed by atoms with Gasteiger partial charge in [0, 0.05) is 44.2 Å². The van der Waals surface area contributed by atoms with Gasteiger partial charge in [0.2, 0.25) is 0 Å². The van der Waals surface area contributed by atoms with Crippen molar-refractivity contribution in [1.82, 2.24) is 10.1 Å². The van der Waals surface area contributed by atoms with Crippen molar-refractivity contribution in [2.24, 2.45) is 5.16 Å². The van der Waals surface area contributed by atoms with Gasteiger partial charge in [-0.05, 0) is 12.1 Å². The van der Waals surface area contributed by atoms with Crippen LogP contribution in [0, 0.1) is 5.82 Å². The normalized spacial score (nSPS) is 19.7. The van der Waals surface area contributed by atoms with E-state index in [0.29, 0.717) is 61.9 Å². The van der Waals surface area contributed by atoms with Crippen LogP contribution in [0.5, 0.6) is 0 Å². The number of anilines is 2. The van der Waals surface area contributed by atoms with Crippen molar-refractivity contribution in [2.75, 3.05) is 49.5 Å². The summed E-state index contributed by atoms with van der Waals surface area (Å²) in [5, 5.41) is 29.4. The monoisotopic (exact) mass is 433 g/mol. The number of aliphatic hydroxyl groups is 2. The lowest BCUT2D eigenvalue weighted by molar-refractivity contribution is -0.142. The molecule has 0 radical (unpaired) electrons. The zero-order chi connectivity index (χ0) is 21.8. The van der Waals surface area contributed by atoms with Gasteiger partial charge in [-0.15, -0.1) is 0 Å².